The summed E-state index contributed by atoms with van der Waals surface area (Å²) in [6, 6.07) is 0. The van der Waals surface area contributed by atoms with Gasteiger partial charge in [-0.2, -0.15) is 0 Å². The largest absolute Gasteiger partial charge is 0.373 e. The highest BCUT2D eigenvalue weighted by molar-refractivity contribution is 9.11. The summed E-state index contributed by atoms with van der Waals surface area (Å²) in [5.41, 5.74) is 0. The fraction of sp³-hybridized carbons (Fsp3) is 0.200. The third kappa shape index (κ3) is 1.33. The van der Waals surface area contributed by atoms with Crippen molar-refractivity contribution < 1.29 is 4.39 Å². The minimum atomic E-state index is -0.256. The van der Waals surface area contributed by atoms with E-state index in [0.717, 1.165) is 4.61 Å². The molecule has 0 aromatic heterocycles. The monoisotopic (exact) mass is 176 g/mol. The maximum Gasteiger partial charge on any atom is 0.127 e. The van der Waals surface area contributed by atoms with Gasteiger partial charge < -0.3 is 5.32 Å². The fourth-order valence-corrected chi connectivity index (χ4v) is 0.660. The van der Waals surface area contributed by atoms with Gasteiger partial charge in [0, 0.05) is 6.08 Å². The normalized spacial score (nSPS) is 18.8. The predicted octanol–water partition coefficient (Wildman–Crippen LogP) is 1.48. The molecule has 8 heavy (non-hydrogen) atoms. The smallest absolute Gasteiger partial charge is 0.127 e. The Balaban J connectivity index is 2.65. The molecule has 1 aliphatic rings. The SMILES string of the molecule is FC1=[C]C=C(Br)NC1. The molecule has 0 bridgehead atoms. The molecule has 3 heteroatoms. The summed E-state index contributed by atoms with van der Waals surface area (Å²) in [4.78, 5) is 0. The van der Waals surface area contributed by atoms with Gasteiger partial charge in [-0.15, -0.1) is 0 Å². The standard InChI is InChI=1S/C5H4BrFN/c6-5-2-1-4(7)3-8-5/h2,8H,3H2. The fourth-order valence-electron chi connectivity index (χ4n) is 0.406. The third-order valence-corrected chi connectivity index (χ3v) is 1.28. The van der Waals surface area contributed by atoms with Crippen molar-refractivity contribution >= 4 is 15.9 Å². The Morgan fingerprint density at radius 3 is 3.00 bits per heavy atom. The lowest BCUT2D eigenvalue weighted by molar-refractivity contribution is 0.588. The molecule has 43 valence electrons. The van der Waals surface area contributed by atoms with E-state index in [-0.39, 0.29) is 12.4 Å². The molecule has 1 aliphatic heterocycles. The second-order valence-electron chi connectivity index (χ2n) is 1.40. The maximum atomic E-state index is 12.0. The second-order valence-corrected chi connectivity index (χ2v) is 2.25. The van der Waals surface area contributed by atoms with Crippen molar-refractivity contribution in [1.29, 1.82) is 0 Å². The van der Waals surface area contributed by atoms with Crippen LogP contribution in [0.5, 0.6) is 0 Å². The summed E-state index contributed by atoms with van der Waals surface area (Å²) in [5, 5.41) is 2.73. The molecule has 0 fully saturated rings. The molecule has 1 rings (SSSR count). The van der Waals surface area contributed by atoms with Crippen LogP contribution in [0.1, 0.15) is 0 Å². The molecule has 0 atom stereocenters. The lowest BCUT2D eigenvalue weighted by Gasteiger charge is -2.04. The van der Waals surface area contributed by atoms with E-state index < -0.39 is 0 Å². The summed E-state index contributed by atoms with van der Waals surface area (Å²) in [7, 11) is 0. The second kappa shape index (κ2) is 2.31. The summed E-state index contributed by atoms with van der Waals surface area (Å²) in [6.07, 6.45) is 3.92. The molecule has 0 aliphatic carbocycles. The van der Waals surface area contributed by atoms with Gasteiger partial charge in [-0.1, -0.05) is 0 Å². The van der Waals surface area contributed by atoms with Crippen molar-refractivity contribution in [3.05, 3.63) is 22.6 Å². The van der Waals surface area contributed by atoms with E-state index in [0.29, 0.717) is 0 Å². The van der Waals surface area contributed by atoms with Crippen molar-refractivity contribution in [2.24, 2.45) is 0 Å². The summed E-state index contributed by atoms with van der Waals surface area (Å²) < 4.78 is 12.8. The van der Waals surface area contributed by atoms with E-state index in [1.807, 2.05) is 0 Å². The zero-order chi connectivity index (χ0) is 5.98. The maximum absolute atomic E-state index is 12.0. The van der Waals surface area contributed by atoms with E-state index in [1.165, 1.54) is 6.08 Å². The molecule has 0 spiro atoms. The number of hydrogen-bond acceptors (Lipinski definition) is 1. The number of halogens is 2. The summed E-state index contributed by atoms with van der Waals surface area (Å²) in [6.45, 7) is 0.247. The van der Waals surface area contributed by atoms with E-state index in [9.17, 15) is 4.39 Å². The first kappa shape index (κ1) is 5.82. The van der Waals surface area contributed by atoms with Crippen LogP contribution >= 0.6 is 15.9 Å². The first-order chi connectivity index (χ1) is 3.79. The average molecular weight is 177 g/mol. The van der Waals surface area contributed by atoms with Gasteiger partial charge in [-0.3, -0.25) is 0 Å². The van der Waals surface area contributed by atoms with E-state index in [4.69, 9.17) is 0 Å². The number of hydrogen-bond donors (Lipinski definition) is 1. The summed E-state index contributed by atoms with van der Waals surface area (Å²) >= 11 is 3.12. The Kier molecular flexibility index (Phi) is 1.68. The number of allylic oxidation sites excluding steroid dienone is 2. The molecule has 0 aromatic rings. The molecular weight excluding hydrogens is 173 g/mol. The molecule has 0 amide bonds. The van der Waals surface area contributed by atoms with E-state index in [1.54, 1.807) is 0 Å². The highest BCUT2D eigenvalue weighted by Crippen LogP contribution is 2.07. The van der Waals surface area contributed by atoms with Gasteiger partial charge in [0.1, 0.15) is 5.83 Å². The van der Waals surface area contributed by atoms with Crippen molar-refractivity contribution in [1.82, 2.24) is 5.32 Å². The topological polar surface area (TPSA) is 12.0 Å². The van der Waals surface area contributed by atoms with Gasteiger partial charge in [-0.25, -0.2) is 4.39 Å². The molecule has 1 nitrogen and oxygen atoms in total. The molecule has 0 aromatic carbocycles. The lowest BCUT2D eigenvalue weighted by atomic mass is 10.4. The zero-order valence-electron chi connectivity index (χ0n) is 4.04. The van der Waals surface area contributed by atoms with Crippen molar-refractivity contribution in [2.45, 2.75) is 0 Å². The molecular formula is C5H4BrFN. The van der Waals surface area contributed by atoms with Crippen LogP contribution in [0, 0.1) is 6.08 Å². The Morgan fingerprint density at radius 1 is 1.88 bits per heavy atom. The minimum Gasteiger partial charge on any atom is -0.373 e. The number of dihydropyridines is 1. The average Bonchev–Trinajstić information content (AvgIpc) is 1.77. The van der Waals surface area contributed by atoms with E-state index >= 15 is 0 Å². The first-order valence-electron chi connectivity index (χ1n) is 2.16. The summed E-state index contributed by atoms with van der Waals surface area (Å²) in [5.74, 6) is -0.256. The van der Waals surface area contributed by atoms with E-state index in [2.05, 4.69) is 27.3 Å². The van der Waals surface area contributed by atoms with Crippen LogP contribution < -0.4 is 5.32 Å². The predicted molar refractivity (Wildman–Crippen MR) is 32.9 cm³/mol. The van der Waals surface area contributed by atoms with Crippen molar-refractivity contribution in [3.8, 4) is 0 Å². The Hall–Kier alpha value is -0.310. The van der Waals surface area contributed by atoms with Gasteiger partial charge in [0.2, 0.25) is 0 Å². The first-order valence-corrected chi connectivity index (χ1v) is 2.96. The van der Waals surface area contributed by atoms with Crippen LogP contribution in [0.2, 0.25) is 0 Å². The number of nitrogens with one attached hydrogen (secondary N) is 1. The van der Waals surface area contributed by atoms with Crippen molar-refractivity contribution in [2.75, 3.05) is 6.54 Å². The molecule has 1 radical (unpaired) electrons. The van der Waals surface area contributed by atoms with Gasteiger partial charge >= 0.3 is 0 Å². The highest BCUT2D eigenvalue weighted by Gasteiger charge is 1.99. The minimum absolute atomic E-state index is 0.247. The molecule has 0 unspecified atom stereocenters. The van der Waals surface area contributed by atoms with Crippen LogP contribution in [0.15, 0.2) is 16.5 Å². The van der Waals surface area contributed by atoms with Crippen LogP contribution in [-0.2, 0) is 0 Å². The molecule has 1 N–H and O–H groups in total. The lowest BCUT2D eigenvalue weighted by Crippen LogP contribution is -2.14. The van der Waals surface area contributed by atoms with Gasteiger partial charge in [0.05, 0.1) is 11.2 Å². The van der Waals surface area contributed by atoms with Crippen LogP contribution in [-0.4, -0.2) is 6.54 Å². The van der Waals surface area contributed by atoms with Gasteiger partial charge in [-0.05, 0) is 22.0 Å². The van der Waals surface area contributed by atoms with Crippen molar-refractivity contribution in [3.63, 3.8) is 0 Å². The molecule has 1 heterocycles. The number of rotatable bonds is 0. The van der Waals surface area contributed by atoms with Crippen LogP contribution in [0.3, 0.4) is 0 Å². The Labute approximate surface area is 55.4 Å². The van der Waals surface area contributed by atoms with Crippen LogP contribution in [0.4, 0.5) is 4.39 Å². The van der Waals surface area contributed by atoms with Gasteiger partial charge in [0.15, 0.2) is 0 Å². The highest BCUT2D eigenvalue weighted by atomic mass is 79.9. The zero-order valence-corrected chi connectivity index (χ0v) is 5.63. The third-order valence-electron chi connectivity index (χ3n) is 0.768. The molecule has 0 saturated heterocycles. The Bertz CT molecular complexity index is 133. The molecule has 0 saturated carbocycles. The van der Waals surface area contributed by atoms with Crippen LogP contribution in [0.25, 0.3) is 0 Å². The quantitative estimate of drug-likeness (QED) is 0.552. The van der Waals surface area contributed by atoms with Gasteiger partial charge in [0.25, 0.3) is 0 Å². The Morgan fingerprint density at radius 2 is 2.62 bits per heavy atom.